The Balaban J connectivity index is 1.35. The number of methoxy groups -OCH3 is 2. The van der Waals surface area contributed by atoms with E-state index in [4.69, 9.17) is 23.8 Å². The van der Waals surface area contributed by atoms with Crippen molar-refractivity contribution in [3.05, 3.63) is 58.9 Å². The molecule has 0 saturated carbocycles. The third-order valence-electron chi connectivity index (χ3n) is 7.17. The number of sulfonamides is 1. The van der Waals surface area contributed by atoms with Crippen LogP contribution in [0.15, 0.2) is 45.9 Å². The number of anilines is 1. The molecule has 1 aliphatic heterocycles. The van der Waals surface area contributed by atoms with Gasteiger partial charge >= 0.3 is 6.09 Å². The summed E-state index contributed by atoms with van der Waals surface area (Å²) < 4.78 is 53.2. The highest BCUT2D eigenvalue weighted by molar-refractivity contribution is 7.92. The first-order valence-electron chi connectivity index (χ1n) is 14.1. The van der Waals surface area contributed by atoms with Crippen LogP contribution in [0.3, 0.4) is 0 Å². The highest BCUT2D eigenvalue weighted by Crippen LogP contribution is 2.36. The molecule has 230 valence electrons. The van der Waals surface area contributed by atoms with Crippen molar-refractivity contribution in [3.63, 3.8) is 0 Å². The van der Waals surface area contributed by atoms with Gasteiger partial charge in [0.05, 0.1) is 26.5 Å². The third kappa shape index (κ3) is 6.56. The van der Waals surface area contributed by atoms with Crippen LogP contribution >= 0.6 is 0 Å². The highest BCUT2D eigenvalue weighted by Gasteiger charge is 2.27. The number of amides is 1. The fraction of sp³-hybridized carbons (Fsp3) is 0.433. The van der Waals surface area contributed by atoms with Gasteiger partial charge in [0.1, 0.15) is 27.4 Å². The average Bonchev–Trinajstić information content (AvgIpc) is 3.47. The Bertz CT molecular complexity index is 1730. The van der Waals surface area contributed by atoms with Crippen molar-refractivity contribution in [2.45, 2.75) is 64.0 Å². The van der Waals surface area contributed by atoms with Crippen LogP contribution in [-0.4, -0.2) is 67.3 Å². The van der Waals surface area contributed by atoms with E-state index in [-0.39, 0.29) is 22.6 Å². The van der Waals surface area contributed by atoms with E-state index in [9.17, 15) is 13.2 Å². The topological polar surface area (TPSA) is 138 Å². The van der Waals surface area contributed by atoms with Crippen LogP contribution in [-0.2, 0) is 40.6 Å². The Kier molecular flexibility index (Phi) is 8.28. The van der Waals surface area contributed by atoms with Gasteiger partial charge in [0, 0.05) is 25.7 Å². The fourth-order valence-corrected chi connectivity index (χ4v) is 6.28. The number of nitrogens with one attached hydrogen (secondary N) is 1. The van der Waals surface area contributed by atoms with Gasteiger partial charge in [-0.25, -0.2) is 13.2 Å². The smallest absolute Gasteiger partial charge is 0.410 e. The molecule has 2 aromatic carbocycles. The normalized spacial score (nSPS) is 13.9. The van der Waals surface area contributed by atoms with E-state index in [0.717, 1.165) is 22.4 Å². The molecular formula is C30H37N5O7S. The molecule has 2 aromatic heterocycles. The Morgan fingerprint density at radius 1 is 1.05 bits per heavy atom. The van der Waals surface area contributed by atoms with E-state index >= 15 is 0 Å². The molecule has 3 heterocycles. The number of aromatic nitrogens is 3. The van der Waals surface area contributed by atoms with Crippen molar-refractivity contribution in [1.29, 1.82) is 0 Å². The van der Waals surface area contributed by atoms with Crippen LogP contribution in [0.1, 0.15) is 50.1 Å². The first-order chi connectivity index (χ1) is 20.4. The second kappa shape index (κ2) is 11.8. The lowest BCUT2D eigenvalue weighted by Crippen LogP contribution is -2.38. The molecule has 1 amide bonds. The number of nitrogens with zero attached hydrogens (tertiary/aromatic N) is 4. The molecule has 0 bridgehead atoms. The number of hydrogen-bond donors (Lipinski definition) is 1. The van der Waals surface area contributed by atoms with E-state index in [2.05, 4.69) is 9.88 Å². The minimum absolute atomic E-state index is 0.00810. The number of aryl methyl sites for hydroxylation is 1. The lowest BCUT2D eigenvalue weighted by Gasteiger charge is -2.26. The molecule has 4 aromatic rings. The third-order valence-corrected chi connectivity index (χ3v) is 8.53. The zero-order valence-electron chi connectivity index (χ0n) is 25.3. The van der Waals surface area contributed by atoms with Gasteiger partial charge in [-0.3, -0.25) is 9.40 Å². The number of benzene rings is 2. The van der Waals surface area contributed by atoms with Crippen LogP contribution in [0.4, 0.5) is 10.6 Å². The van der Waals surface area contributed by atoms with Crippen LogP contribution in [0.5, 0.6) is 11.5 Å². The van der Waals surface area contributed by atoms with Gasteiger partial charge in [0.15, 0.2) is 11.4 Å². The number of hydrogen-bond acceptors (Lipinski definition) is 9. The number of rotatable bonds is 8. The van der Waals surface area contributed by atoms with Crippen LogP contribution in [0, 0.1) is 0 Å². The Morgan fingerprint density at radius 2 is 1.79 bits per heavy atom. The number of carbonyl (C=O) groups excluding carboxylic acids is 1. The van der Waals surface area contributed by atoms with Gasteiger partial charge in [-0.2, -0.15) is 5.10 Å². The van der Waals surface area contributed by atoms with Gasteiger partial charge in [0.25, 0.3) is 10.0 Å². The average molecular weight is 612 g/mol. The van der Waals surface area contributed by atoms with Gasteiger partial charge < -0.3 is 23.6 Å². The summed E-state index contributed by atoms with van der Waals surface area (Å²) in [6, 6.07) is 8.64. The second-order valence-electron chi connectivity index (χ2n) is 11.4. The summed E-state index contributed by atoms with van der Waals surface area (Å²) in [5.74, 6) is 0.645. The molecule has 0 radical (unpaired) electrons. The first-order valence-corrected chi connectivity index (χ1v) is 15.6. The molecule has 12 nitrogen and oxygen atoms in total. The van der Waals surface area contributed by atoms with Crippen molar-refractivity contribution < 1.29 is 31.9 Å². The van der Waals surface area contributed by atoms with E-state index in [0.29, 0.717) is 55.6 Å². The lowest BCUT2D eigenvalue weighted by atomic mass is 10.1. The van der Waals surface area contributed by atoms with Gasteiger partial charge in [-0.05, 0) is 74.6 Å². The summed E-state index contributed by atoms with van der Waals surface area (Å²) in [6.45, 7) is 9.03. The maximum Gasteiger partial charge on any atom is 0.410 e. The summed E-state index contributed by atoms with van der Waals surface area (Å²) in [6.07, 6.45) is 3.64. The van der Waals surface area contributed by atoms with Crippen molar-refractivity contribution in [2.24, 2.45) is 0 Å². The van der Waals surface area contributed by atoms with Gasteiger partial charge in [-0.1, -0.05) is 18.1 Å². The molecule has 0 atom stereocenters. The minimum Gasteiger partial charge on any atom is -0.496 e. The number of fused-ring (bicyclic) bond motifs is 2. The van der Waals surface area contributed by atoms with E-state index in [1.165, 1.54) is 14.2 Å². The molecule has 1 aliphatic rings. The molecule has 43 heavy (non-hydrogen) atoms. The minimum atomic E-state index is -4.06. The molecule has 5 rings (SSSR count). The van der Waals surface area contributed by atoms with E-state index in [1.807, 2.05) is 50.7 Å². The quantitative estimate of drug-likeness (QED) is 0.298. The summed E-state index contributed by atoms with van der Waals surface area (Å²) in [7, 11) is -1.13. The van der Waals surface area contributed by atoms with Crippen molar-refractivity contribution >= 4 is 32.9 Å². The molecular weight excluding hydrogens is 574 g/mol. The van der Waals surface area contributed by atoms with Crippen LogP contribution in [0.2, 0.25) is 0 Å². The van der Waals surface area contributed by atoms with Crippen molar-refractivity contribution in [1.82, 2.24) is 19.8 Å². The maximum atomic E-state index is 13.4. The fourth-order valence-electron chi connectivity index (χ4n) is 5.05. The molecule has 13 heteroatoms. The molecule has 0 spiro atoms. The largest absolute Gasteiger partial charge is 0.496 e. The Morgan fingerprint density at radius 3 is 2.49 bits per heavy atom. The molecule has 0 aliphatic carbocycles. The summed E-state index contributed by atoms with van der Waals surface area (Å²) in [4.78, 5) is 14.3. The van der Waals surface area contributed by atoms with Gasteiger partial charge in [0.2, 0.25) is 0 Å². The standard InChI is InChI=1S/C30H37N5O7S/c1-7-19-8-9-23(39-5)26(16-19)43(37,38)33-28-27-24(40-6)14-20(15-25(27)42-32-28)17-35-18-21-10-12-34(13-11-22(21)31-35)29(36)41-30(2,3)4/h8-9,14-16,18H,7,10-13,17H2,1-6H3,(H,32,33). The van der Waals surface area contributed by atoms with E-state index in [1.54, 1.807) is 23.1 Å². The summed E-state index contributed by atoms with van der Waals surface area (Å²) >= 11 is 0. The van der Waals surface area contributed by atoms with Crippen LogP contribution < -0.4 is 14.2 Å². The van der Waals surface area contributed by atoms with Gasteiger partial charge in [-0.15, -0.1) is 0 Å². The Hall–Kier alpha value is -4.26. The van der Waals surface area contributed by atoms with Crippen molar-refractivity contribution in [2.75, 3.05) is 32.0 Å². The molecule has 0 fully saturated rings. The zero-order chi connectivity index (χ0) is 30.9. The molecule has 1 N–H and O–H groups in total. The van der Waals surface area contributed by atoms with E-state index < -0.39 is 15.6 Å². The highest BCUT2D eigenvalue weighted by atomic mass is 32.2. The number of ether oxygens (including phenoxy) is 3. The second-order valence-corrected chi connectivity index (χ2v) is 13.1. The molecule has 0 unspecified atom stereocenters. The summed E-state index contributed by atoms with van der Waals surface area (Å²) in [5, 5.41) is 9.19. The predicted molar refractivity (Wildman–Crippen MR) is 160 cm³/mol. The lowest BCUT2D eigenvalue weighted by molar-refractivity contribution is 0.0258. The van der Waals surface area contributed by atoms with Crippen LogP contribution in [0.25, 0.3) is 11.0 Å². The SMILES string of the molecule is CCc1ccc(OC)c(S(=O)(=O)Nc2noc3cc(Cn4cc5c(n4)CCN(C(=O)OC(C)(C)C)CC5)cc(OC)c23)c1. The monoisotopic (exact) mass is 611 g/mol. The zero-order valence-corrected chi connectivity index (χ0v) is 26.1. The number of carbonyl (C=O) groups is 1. The first kappa shape index (κ1) is 30.2. The van der Waals surface area contributed by atoms with Crippen molar-refractivity contribution in [3.8, 4) is 11.5 Å². The maximum absolute atomic E-state index is 13.4. The predicted octanol–water partition coefficient (Wildman–Crippen LogP) is 4.79. The summed E-state index contributed by atoms with van der Waals surface area (Å²) in [5.41, 5.74) is 3.53. The Labute approximate surface area is 250 Å². The molecule has 0 saturated heterocycles.